The van der Waals surface area contributed by atoms with Gasteiger partial charge < -0.3 is 5.32 Å². The normalized spacial score (nSPS) is 20.2. The Kier molecular flexibility index (Phi) is 3.62. The first kappa shape index (κ1) is 12.7. The van der Waals surface area contributed by atoms with E-state index in [1.165, 1.54) is 25.0 Å². The zero-order valence-electron chi connectivity index (χ0n) is 10.4. The SMILES string of the molecule is CC1(C)CCC(Nc2cc(F)ccc2Cl)CC1. The van der Waals surface area contributed by atoms with E-state index in [1.807, 2.05) is 0 Å². The van der Waals surface area contributed by atoms with Crippen LogP contribution in [0.4, 0.5) is 10.1 Å². The number of nitrogens with one attached hydrogen (secondary N) is 1. The lowest BCUT2D eigenvalue weighted by atomic mass is 9.75. The van der Waals surface area contributed by atoms with Gasteiger partial charge in [0.05, 0.1) is 10.7 Å². The van der Waals surface area contributed by atoms with Gasteiger partial charge in [0.1, 0.15) is 5.82 Å². The van der Waals surface area contributed by atoms with E-state index in [4.69, 9.17) is 11.6 Å². The van der Waals surface area contributed by atoms with Crippen LogP contribution in [-0.4, -0.2) is 6.04 Å². The first-order valence-corrected chi connectivity index (χ1v) is 6.56. The summed E-state index contributed by atoms with van der Waals surface area (Å²) in [4.78, 5) is 0. The summed E-state index contributed by atoms with van der Waals surface area (Å²) in [6.45, 7) is 4.61. The zero-order chi connectivity index (χ0) is 12.5. The van der Waals surface area contributed by atoms with E-state index >= 15 is 0 Å². The van der Waals surface area contributed by atoms with Gasteiger partial charge in [0, 0.05) is 6.04 Å². The van der Waals surface area contributed by atoms with Gasteiger partial charge >= 0.3 is 0 Å². The summed E-state index contributed by atoms with van der Waals surface area (Å²) in [5.41, 5.74) is 1.17. The molecule has 0 spiro atoms. The highest BCUT2D eigenvalue weighted by Gasteiger charge is 2.26. The summed E-state index contributed by atoms with van der Waals surface area (Å²) in [5, 5.41) is 3.95. The molecular formula is C14H19ClFN. The number of rotatable bonds is 2. The monoisotopic (exact) mass is 255 g/mol. The van der Waals surface area contributed by atoms with E-state index in [-0.39, 0.29) is 5.82 Å². The van der Waals surface area contributed by atoms with E-state index in [0.717, 1.165) is 18.5 Å². The van der Waals surface area contributed by atoms with Crippen LogP contribution >= 0.6 is 11.6 Å². The Morgan fingerprint density at radius 2 is 1.94 bits per heavy atom. The minimum atomic E-state index is -0.243. The highest BCUT2D eigenvalue weighted by atomic mass is 35.5. The summed E-state index contributed by atoms with van der Waals surface area (Å²) >= 11 is 6.04. The lowest BCUT2D eigenvalue weighted by Gasteiger charge is -2.35. The second-order valence-electron chi connectivity index (χ2n) is 5.71. The highest BCUT2D eigenvalue weighted by Crippen LogP contribution is 2.36. The molecule has 1 aliphatic carbocycles. The molecule has 0 saturated heterocycles. The molecule has 1 aliphatic rings. The molecule has 1 nitrogen and oxygen atoms in total. The van der Waals surface area contributed by atoms with Crippen LogP contribution in [0.5, 0.6) is 0 Å². The van der Waals surface area contributed by atoms with Gasteiger partial charge in [0.25, 0.3) is 0 Å². The van der Waals surface area contributed by atoms with Crippen LogP contribution in [0.15, 0.2) is 18.2 Å². The fraction of sp³-hybridized carbons (Fsp3) is 0.571. The number of benzene rings is 1. The van der Waals surface area contributed by atoms with Gasteiger partial charge in [-0.2, -0.15) is 0 Å². The molecule has 0 bridgehead atoms. The average molecular weight is 256 g/mol. The van der Waals surface area contributed by atoms with E-state index in [1.54, 1.807) is 6.07 Å². The topological polar surface area (TPSA) is 12.0 Å². The van der Waals surface area contributed by atoms with Gasteiger partial charge in [-0.05, 0) is 49.3 Å². The van der Waals surface area contributed by atoms with E-state index in [2.05, 4.69) is 19.2 Å². The third-order valence-corrected chi connectivity index (χ3v) is 3.96. The maximum absolute atomic E-state index is 13.1. The Labute approximate surface area is 107 Å². The maximum Gasteiger partial charge on any atom is 0.125 e. The van der Waals surface area contributed by atoms with Crippen LogP contribution in [0.25, 0.3) is 0 Å². The Morgan fingerprint density at radius 3 is 2.59 bits per heavy atom. The predicted molar refractivity (Wildman–Crippen MR) is 71.1 cm³/mol. The van der Waals surface area contributed by atoms with Crippen LogP contribution in [0, 0.1) is 11.2 Å². The maximum atomic E-state index is 13.1. The molecule has 0 aliphatic heterocycles. The molecule has 1 aromatic carbocycles. The Morgan fingerprint density at radius 1 is 1.29 bits per heavy atom. The summed E-state index contributed by atoms with van der Waals surface area (Å²) in [6.07, 6.45) is 4.66. The fourth-order valence-electron chi connectivity index (χ4n) is 2.37. The van der Waals surface area contributed by atoms with Crippen molar-refractivity contribution in [1.29, 1.82) is 0 Å². The summed E-state index contributed by atoms with van der Waals surface area (Å²) in [6, 6.07) is 4.88. The van der Waals surface area contributed by atoms with Gasteiger partial charge in [0.15, 0.2) is 0 Å². The van der Waals surface area contributed by atoms with Gasteiger partial charge in [-0.1, -0.05) is 25.4 Å². The second kappa shape index (κ2) is 4.85. The van der Waals surface area contributed by atoms with E-state index < -0.39 is 0 Å². The van der Waals surface area contributed by atoms with Crippen molar-refractivity contribution in [2.45, 2.75) is 45.6 Å². The van der Waals surface area contributed by atoms with Crippen molar-refractivity contribution in [1.82, 2.24) is 0 Å². The third kappa shape index (κ3) is 3.35. The molecular weight excluding hydrogens is 237 g/mol. The zero-order valence-corrected chi connectivity index (χ0v) is 11.1. The van der Waals surface area contributed by atoms with Crippen molar-refractivity contribution in [3.8, 4) is 0 Å². The van der Waals surface area contributed by atoms with Crippen LogP contribution in [0.2, 0.25) is 5.02 Å². The highest BCUT2D eigenvalue weighted by molar-refractivity contribution is 6.33. The first-order valence-electron chi connectivity index (χ1n) is 6.18. The minimum absolute atomic E-state index is 0.243. The lowest BCUT2D eigenvalue weighted by molar-refractivity contribution is 0.232. The van der Waals surface area contributed by atoms with Crippen molar-refractivity contribution in [3.63, 3.8) is 0 Å². The summed E-state index contributed by atoms with van der Waals surface area (Å²) in [7, 11) is 0. The van der Waals surface area contributed by atoms with Crippen molar-refractivity contribution >= 4 is 17.3 Å². The Hall–Kier alpha value is -0.760. The van der Waals surface area contributed by atoms with Gasteiger partial charge in [-0.15, -0.1) is 0 Å². The molecule has 0 amide bonds. The predicted octanol–water partition coefficient (Wildman–Crippen LogP) is 4.86. The lowest BCUT2D eigenvalue weighted by Crippen LogP contribution is -2.29. The van der Waals surface area contributed by atoms with Crippen molar-refractivity contribution in [3.05, 3.63) is 29.0 Å². The molecule has 0 radical (unpaired) electrons. The van der Waals surface area contributed by atoms with Crippen LogP contribution < -0.4 is 5.32 Å². The van der Waals surface area contributed by atoms with E-state index in [9.17, 15) is 4.39 Å². The van der Waals surface area contributed by atoms with Crippen LogP contribution in [0.3, 0.4) is 0 Å². The van der Waals surface area contributed by atoms with Crippen molar-refractivity contribution in [2.75, 3.05) is 5.32 Å². The largest absolute Gasteiger partial charge is 0.381 e. The second-order valence-corrected chi connectivity index (χ2v) is 6.11. The quantitative estimate of drug-likeness (QED) is 0.796. The summed E-state index contributed by atoms with van der Waals surface area (Å²) in [5.74, 6) is -0.243. The molecule has 0 atom stereocenters. The summed E-state index contributed by atoms with van der Waals surface area (Å²) < 4.78 is 13.1. The molecule has 1 aromatic rings. The first-order chi connectivity index (χ1) is 7.96. The van der Waals surface area contributed by atoms with Crippen molar-refractivity contribution < 1.29 is 4.39 Å². The molecule has 0 heterocycles. The number of hydrogen-bond acceptors (Lipinski definition) is 1. The van der Waals surface area contributed by atoms with Gasteiger partial charge in [0.2, 0.25) is 0 Å². The standard InChI is InChI=1S/C14H19ClFN/c1-14(2)7-5-11(6-8-14)17-13-9-10(16)3-4-12(13)15/h3-4,9,11,17H,5-8H2,1-2H3. The van der Waals surface area contributed by atoms with E-state index in [0.29, 0.717) is 16.5 Å². The average Bonchev–Trinajstić information content (AvgIpc) is 2.26. The van der Waals surface area contributed by atoms with Gasteiger partial charge in [-0.25, -0.2) is 4.39 Å². The molecule has 2 rings (SSSR count). The van der Waals surface area contributed by atoms with Crippen LogP contribution in [0.1, 0.15) is 39.5 Å². The number of hydrogen-bond donors (Lipinski definition) is 1. The smallest absolute Gasteiger partial charge is 0.125 e. The molecule has 94 valence electrons. The molecule has 3 heteroatoms. The number of anilines is 1. The Bertz CT molecular complexity index is 393. The van der Waals surface area contributed by atoms with Crippen LogP contribution in [-0.2, 0) is 0 Å². The molecule has 17 heavy (non-hydrogen) atoms. The third-order valence-electron chi connectivity index (χ3n) is 3.63. The fourth-order valence-corrected chi connectivity index (χ4v) is 2.54. The molecule has 1 fully saturated rings. The molecule has 1 N–H and O–H groups in total. The van der Waals surface area contributed by atoms with Crippen molar-refractivity contribution in [2.24, 2.45) is 5.41 Å². The molecule has 0 aromatic heterocycles. The molecule has 0 unspecified atom stereocenters. The van der Waals surface area contributed by atoms with Gasteiger partial charge in [-0.3, -0.25) is 0 Å². The Balaban J connectivity index is 2.00. The minimum Gasteiger partial charge on any atom is -0.381 e. The molecule has 1 saturated carbocycles. The number of halogens is 2.